The molecule has 0 aliphatic rings. The zero-order valence-corrected chi connectivity index (χ0v) is 12.6. The van der Waals surface area contributed by atoms with Crippen LogP contribution in [0.4, 0.5) is 5.82 Å². The molecule has 0 aliphatic heterocycles. The van der Waals surface area contributed by atoms with Gasteiger partial charge < -0.3 is 14.8 Å². The van der Waals surface area contributed by atoms with Gasteiger partial charge in [-0.1, -0.05) is 6.92 Å². The number of methoxy groups -OCH3 is 2. The third-order valence-corrected chi connectivity index (χ3v) is 2.84. The van der Waals surface area contributed by atoms with Gasteiger partial charge in [-0.2, -0.15) is 0 Å². The van der Waals surface area contributed by atoms with Crippen LogP contribution in [0.5, 0.6) is 5.88 Å². The van der Waals surface area contributed by atoms with Crippen LogP contribution in [0.2, 0.25) is 0 Å². The van der Waals surface area contributed by atoms with Gasteiger partial charge >= 0.3 is 0 Å². The van der Waals surface area contributed by atoms with E-state index in [0.717, 1.165) is 30.0 Å². The molecule has 0 atom stereocenters. The highest BCUT2D eigenvalue weighted by Crippen LogP contribution is 2.22. The van der Waals surface area contributed by atoms with Gasteiger partial charge in [0, 0.05) is 37.5 Å². The first-order valence-electron chi connectivity index (χ1n) is 6.88. The summed E-state index contributed by atoms with van der Waals surface area (Å²) >= 11 is 0. The lowest BCUT2D eigenvalue weighted by molar-refractivity contribution is 0.178. The molecule has 0 amide bonds. The Balaban J connectivity index is 2.37. The zero-order valence-electron chi connectivity index (χ0n) is 12.6. The number of nitrogens with one attached hydrogen (secondary N) is 1. The minimum absolute atomic E-state index is 0.372. The molecule has 6 heteroatoms. The fraction of sp³-hybridized carbons (Fsp3) is 0.400. The van der Waals surface area contributed by atoms with Gasteiger partial charge in [-0.3, -0.25) is 0 Å². The Hall–Kier alpha value is -2.21. The van der Waals surface area contributed by atoms with Gasteiger partial charge in [0.15, 0.2) is 5.82 Å². The van der Waals surface area contributed by atoms with Crippen molar-refractivity contribution in [2.75, 3.05) is 26.1 Å². The maximum Gasteiger partial charge on any atom is 0.213 e. The Morgan fingerprint density at radius 2 is 2.05 bits per heavy atom. The Morgan fingerprint density at radius 3 is 2.76 bits per heavy atom. The van der Waals surface area contributed by atoms with E-state index in [1.165, 1.54) is 0 Å². The van der Waals surface area contributed by atoms with Crippen LogP contribution in [-0.2, 0) is 11.3 Å². The van der Waals surface area contributed by atoms with E-state index in [2.05, 4.69) is 27.2 Å². The van der Waals surface area contributed by atoms with Gasteiger partial charge in [0.25, 0.3) is 0 Å². The lowest BCUT2D eigenvalue weighted by Gasteiger charge is -2.10. The number of hydrogen-bond acceptors (Lipinski definition) is 6. The van der Waals surface area contributed by atoms with Crippen molar-refractivity contribution in [1.29, 1.82) is 0 Å². The second-order valence-corrected chi connectivity index (χ2v) is 4.50. The van der Waals surface area contributed by atoms with Crippen LogP contribution in [0.15, 0.2) is 24.4 Å². The summed E-state index contributed by atoms with van der Waals surface area (Å²) in [6.45, 7) is 3.35. The highest BCUT2D eigenvalue weighted by molar-refractivity contribution is 5.63. The Labute approximate surface area is 124 Å². The Morgan fingerprint density at radius 1 is 1.19 bits per heavy atom. The predicted octanol–water partition coefficient (Wildman–Crippen LogP) is 2.52. The van der Waals surface area contributed by atoms with E-state index in [0.29, 0.717) is 18.3 Å². The van der Waals surface area contributed by atoms with E-state index in [9.17, 15) is 0 Å². The molecule has 2 aromatic rings. The van der Waals surface area contributed by atoms with Crippen molar-refractivity contribution in [3.05, 3.63) is 30.2 Å². The molecule has 21 heavy (non-hydrogen) atoms. The molecule has 0 spiro atoms. The van der Waals surface area contributed by atoms with Crippen LogP contribution in [0, 0.1) is 0 Å². The highest BCUT2D eigenvalue weighted by atomic mass is 16.5. The molecule has 2 aromatic heterocycles. The standard InChI is InChI=1S/C15H20N4O2/c1-4-6-16-13-9-12(18-14(19-13)10-20-2)11-5-7-17-15(8-11)21-3/h5,7-9H,4,6,10H2,1-3H3,(H,16,18,19). The highest BCUT2D eigenvalue weighted by Gasteiger charge is 2.08. The number of ether oxygens (including phenoxy) is 2. The summed E-state index contributed by atoms with van der Waals surface area (Å²) in [5.41, 5.74) is 1.75. The number of pyridine rings is 1. The van der Waals surface area contributed by atoms with Gasteiger partial charge in [0.2, 0.25) is 5.88 Å². The van der Waals surface area contributed by atoms with E-state index in [-0.39, 0.29) is 0 Å². The van der Waals surface area contributed by atoms with Crippen molar-refractivity contribution < 1.29 is 9.47 Å². The number of hydrogen-bond donors (Lipinski definition) is 1. The van der Waals surface area contributed by atoms with Gasteiger partial charge in [-0.05, 0) is 12.5 Å². The molecular weight excluding hydrogens is 268 g/mol. The van der Waals surface area contributed by atoms with Crippen LogP contribution in [-0.4, -0.2) is 35.7 Å². The normalized spacial score (nSPS) is 10.4. The number of anilines is 1. The van der Waals surface area contributed by atoms with Crippen molar-refractivity contribution >= 4 is 5.82 Å². The molecule has 6 nitrogen and oxygen atoms in total. The average Bonchev–Trinajstić information content (AvgIpc) is 2.53. The van der Waals surface area contributed by atoms with Crippen molar-refractivity contribution in [3.63, 3.8) is 0 Å². The predicted molar refractivity (Wildman–Crippen MR) is 81.3 cm³/mol. The second-order valence-electron chi connectivity index (χ2n) is 4.50. The molecule has 0 aromatic carbocycles. The largest absolute Gasteiger partial charge is 0.481 e. The minimum Gasteiger partial charge on any atom is -0.481 e. The van der Waals surface area contributed by atoms with Crippen molar-refractivity contribution in [2.24, 2.45) is 0 Å². The second kappa shape index (κ2) is 7.54. The lowest BCUT2D eigenvalue weighted by Crippen LogP contribution is -2.06. The van der Waals surface area contributed by atoms with Gasteiger partial charge in [0.05, 0.1) is 12.8 Å². The molecule has 0 saturated carbocycles. The van der Waals surface area contributed by atoms with E-state index in [1.54, 1.807) is 20.4 Å². The molecule has 0 aliphatic carbocycles. The number of aromatic nitrogens is 3. The molecule has 0 radical (unpaired) electrons. The fourth-order valence-electron chi connectivity index (χ4n) is 1.86. The molecule has 0 fully saturated rings. The maximum absolute atomic E-state index is 5.15. The van der Waals surface area contributed by atoms with Crippen molar-refractivity contribution in [3.8, 4) is 17.1 Å². The number of nitrogens with zero attached hydrogens (tertiary/aromatic N) is 3. The molecule has 2 heterocycles. The van der Waals surface area contributed by atoms with Crippen LogP contribution in [0.1, 0.15) is 19.2 Å². The Bertz CT molecular complexity index is 590. The molecule has 2 rings (SSSR count). The molecular formula is C15H20N4O2. The average molecular weight is 288 g/mol. The first kappa shape index (κ1) is 15.2. The fourth-order valence-corrected chi connectivity index (χ4v) is 1.86. The van der Waals surface area contributed by atoms with Crippen molar-refractivity contribution in [2.45, 2.75) is 20.0 Å². The summed E-state index contributed by atoms with van der Waals surface area (Å²) in [7, 11) is 3.22. The van der Waals surface area contributed by atoms with Crippen molar-refractivity contribution in [1.82, 2.24) is 15.0 Å². The van der Waals surface area contributed by atoms with E-state index >= 15 is 0 Å². The minimum atomic E-state index is 0.372. The van der Waals surface area contributed by atoms with Crippen LogP contribution >= 0.6 is 0 Å². The maximum atomic E-state index is 5.15. The molecule has 0 bridgehead atoms. The topological polar surface area (TPSA) is 69.2 Å². The van der Waals surface area contributed by atoms with Crippen LogP contribution in [0.3, 0.4) is 0 Å². The molecule has 112 valence electrons. The summed E-state index contributed by atoms with van der Waals surface area (Å²) in [6.07, 6.45) is 2.73. The quantitative estimate of drug-likeness (QED) is 0.844. The summed E-state index contributed by atoms with van der Waals surface area (Å²) in [5, 5.41) is 3.28. The zero-order chi connectivity index (χ0) is 15.1. The van der Waals surface area contributed by atoms with Crippen LogP contribution < -0.4 is 10.1 Å². The lowest BCUT2D eigenvalue weighted by atomic mass is 10.2. The first-order valence-corrected chi connectivity index (χ1v) is 6.88. The molecule has 1 N–H and O–H groups in total. The summed E-state index contributed by atoms with van der Waals surface area (Å²) in [4.78, 5) is 13.1. The Kier molecular flexibility index (Phi) is 5.45. The third-order valence-electron chi connectivity index (χ3n) is 2.84. The van der Waals surface area contributed by atoms with E-state index in [4.69, 9.17) is 9.47 Å². The summed E-state index contributed by atoms with van der Waals surface area (Å²) < 4.78 is 10.3. The van der Waals surface area contributed by atoms with E-state index in [1.807, 2.05) is 18.2 Å². The summed E-state index contributed by atoms with van der Waals surface area (Å²) in [5.74, 6) is 2.00. The van der Waals surface area contributed by atoms with Crippen LogP contribution in [0.25, 0.3) is 11.3 Å². The smallest absolute Gasteiger partial charge is 0.213 e. The van der Waals surface area contributed by atoms with Gasteiger partial charge in [-0.25, -0.2) is 15.0 Å². The van der Waals surface area contributed by atoms with E-state index < -0.39 is 0 Å². The molecule has 0 unspecified atom stereocenters. The van der Waals surface area contributed by atoms with Gasteiger partial charge in [-0.15, -0.1) is 0 Å². The monoisotopic (exact) mass is 288 g/mol. The van der Waals surface area contributed by atoms with Gasteiger partial charge in [0.1, 0.15) is 12.4 Å². The first-order chi connectivity index (χ1) is 10.3. The number of rotatable bonds is 7. The summed E-state index contributed by atoms with van der Waals surface area (Å²) in [6, 6.07) is 5.66. The third kappa shape index (κ3) is 4.13. The molecule has 0 saturated heterocycles. The SMILES string of the molecule is CCCNc1cc(-c2ccnc(OC)c2)nc(COC)n1.